The van der Waals surface area contributed by atoms with Gasteiger partial charge < -0.3 is 15.6 Å². The Kier molecular flexibility index (Phi) is 9.99. The summed E-state index contributed by atoms with van der Waals surface area (Å²) in [4.78, 5) is 14.1. The van der Waals surface area contributed by atoms with Gasteiger partial charge >= 0.3 is 0 Å². The van der Waals surface area contributed by atoms with Crippen molar-refractivity contribution in [1.29, 1.82) is 5.41 Å². The lowest BCUT2D eigenvalue weighted by molar-refractivity contribution is -0.112. The molecule has 1 amide bonds. The quantitative estimate of drug-likeness (QED) is 0.250. The highest BCUT2D eigenvalue weighted by atomic mass is 35.5. The van der Waals surface area contributed by atoms with Gasteiger partial charge in [-0.1, -0.05) is 11.6 Å². The number of piperazine rings is 1. The normalized spacial score (nSPS) is 18.4. The second kappa shape index (κ2) is 11.9. The van der Waals surface area contributed by atoms with Gasteiger partial charge in [-0.2, -0.15) is 12.7 Å². The summed E-state index contributed by atoms with van der Waals surface area (Å²) >= 11 is 6.24. The Morgan fingerprint density at radius 2 is 1.72 bits per heavy atom. The number of carbonyl (C=O) groups is 1. The highest BCUT2D eigenvalue weighted by molar-refractivity contribution is 7.89. The lowest BCUT2D eigenvalue weighted by Gasteiger charge is -2.42. The molecule has 1 atom stereocenters. The van der Waals surface area contributed by atoms with E-state index in [1.165, 1.54) is 36.9 Å². The van der Waals surface area contributed by atoms with Crippen LogP contribution in [0.3, 0.4) is 0 Å². The average Bonchev–Trinajstić information content (AvgIpc) is 2.77. The Bertz CT molecular complexity index is 1220. The summed E-state index contributed by atoms with van der Waals surface area (Å²) in [7, 11) is -7.66. The fraction of sp³-hybridized carbons (Fsp3) is 0.524. The van der Waals surface area contributed by atoms with Crippen molar-refractivity contribution in [2.45, 2.75) is 44.2 Å². The number of amides is 1. The molecular formula is C21H29ClF2N4O6S2. The first-order valence-corrected chi connectivity index (χ1v) is 14.3. The molecule has 36 heavy (non-hydrogen) atoms. The smallest absolute Gasteiger partial charge is 0.269 e. The van der Waals surface area contributed by atoms with Gasteiger partial charge in [-0.05, 0) is 39.8 Å². The zero-order chi connectivity index (χ0) is 27.4. The number of allylic oxidation sites excluding steroid dienone is 1. The molecule has 15 heteroatoms. The number of halogens is 3. The topological polar surface area (TPSA) is 137 Å². The van der Waals surface area contributed by atoms with Crippen molar-refractivity contribution in [3.63, 3.8) is 0 Å². The van der Waals surface area contributed by atoms with Crippen LogP contribution in [0.5, 0.6) is 0 Å². The maximum atomic E-state index is 13.5. The van der Waals surface area contributed by atoms with E-state index >= 15 is 0 Å². The minimum Gasteiger partial charge on any atom is -0.361 e. The molecule has 1 aliphatic heterocycles. The highest BCUT2D eigenvalue weighted by Crippen LogP contribution is 2.25. The van der Waals surface area contributed by atoms with E-state index in [2.05, 4.69) is 5.32 Å². The van der Waals surface area contributed by atoms with Gasteiger partial charge in [0.15, 0.2) is 0 Å². The molecule has 1 aromatic carbocycles. The van der Waals surface area contributed by atoms with Gasteiger partial charge in [-0.3, -0.25) is 8.98 Å². The van der Waals surface area contributed by atoms with E-state index < -0.39 is 65.9 Å². The minimum absolute atomic E-state index is 0.0216. The largest absolute Gasteiger partial charge is 0.361 e. The van der Waals surface area contributed by atoms with Crippen molar-refractivity contribution in [3.8, 4) is 0 Å². The molecule has 2 N–H and O–H groups in total. The second-order valence-electron chi connectivity index (χ2n) is 8.58. The molecule has 2 rings (SSSR count). The van der Waals surface area contributed by atoms with E-state index in [0.29, 0.717) is 6.07 Å². The third-order valence-electron chi connectivity index (χ3n) is 5.39. The van der Waals surface area contributed by atoms with Crippen LogP contribution in [-0.4, -0.2) is 80.9 Å². The van der Waals surface area contributed by atoms with Crippen LogP contribution in [0, 0.1) is 17.0 Å². The number of carbonyl (C=O) groups excluding carboxylic acids is 1. The lowest BCUT2D eigenvalue weighted by atomic mass is 10.1. The third-order valence-corrected chi connectivity index (χ3v) is 9.62. The fourth-order valence-electron chi connectivity index (χ4n) is 3.33. The van der Waals surface area contributed by atoms with Crippen LogP contribution >= 0.6 is 11.6 Å². The first-order valence-electron chi connectivity index (χ1n) is 10.9. The Morgan fingerprint density at radius 1 is 1.14 bits per heavy atom. The second-order valence-corrected chi connectivity index (χ2v) is 13.6. The molecule has 0 bridgehead atoms. The van der Waals surface area contributed by atoms with Crippen LogP contribution in [0.15, 0.2) is 28.9 Å². The zero-order valence-corrected chi connectivity index (χ0v) is 22.6. The Morgan fingerprint density at radius 3 is 2.22 bits per heavy atom. The molecule has 1 heterocycles. The number of rotatable bonds is 10. The van der Waals surface area contributed by atoms with E-state index in [0.717, 1.165) is 18.3 Å². The molecule has 0 radical (unpaired) electrons. The predicted octanol–water partition coefficient (Wildman–Crippen LogP) is 2.48. The van der Waals surface area contributed by atoms with Crippen LogP contribution in [-0.2, 0) is 29.1 Å². The van der Waals surface area contributed by atoms with Crippen LogP contribution in [0.4, 0.5) is 14.5 Å². The van der Waals surface area contributed by atoms with Gasteiger partial charge in [-0.15, -0.1) is 0 Å². The van der Waals surface area contributed by atoms with Gasteiger partial charge in [0, 0.05) is 37.6 Å². The summed E-state index contributed by atoms with van der Waals surface area (Å²) < 4.78 is 83.2. The number of benzene rings is 1. The van der Waals surface area contributed by atoms with E-state index in [1.807, 2.05) is 0 Å². The van der Waals surface area contributed by atoms with E-state index in [4.69, 9.17) is 21.2 Å². The van der Waals surface area contributed by atoms with Gasteiger partial charge in [0.1, 0.15) is 16.7 Å². The summed E-state index contributed by atoms with van der Waals surface area (Å²) in [6.07, 6.45) is 0.755. The monoisotopic (exact) mass is 570 g/mol. The molecular weight excluding hydrogens is 542 g/mol. The molecule has 0 aromatic heterocycles. The van der Waals surface area contributed by atoms with Crippen molar-refractivity contribution < 1.29 is 34.6 Å². The van der Waals surface area contributed by atoms with Crippen molar-refractivity contribution >= 4 is 49.6 Å². The van der Waals surface area contributed by atoms with Gasteiger partial charge in [0.25, 0.3) is 16.0 Å². The summed E-state index contributed by atoms with van der Waals surface area (Å²) in [5, 5.41) is 7.95. The third kappa shape index (κ3) is 7.22. The van der Waals surface area contributed by atoms with Gasteiger partial charge in [-0.25, -0.2) is 17.2 Å². The summed E-state index contributed by atoms with van der Waals surface area (Å²) in [5.41, 5.74) is -0.362. The van der Waals surface area contributed by atoms with Crippen LogP contribution < -0.4 is 5.32 Å². The van der Waals surface area contributed by atoms with Crippen molar-refractivity contribution in [3.05, 3.63) is 40.6 Å². The number of anilines is 1. The highest BCUT2D eigenvalue weighted by Gasteiger charge is 2.37. The molecule has 0 aliphatic carbocycles. The molecule has 1 unspecified atom stereocenters. The van der Waals surface area contributed by atoms with E-state index in [-0.39, 0.29) is 31.0 Å². The van der Waals surface area contributed by atoms with Gasteiger partial charge in [0.05, 0.1) is 28.8 Å². The van der Waals surface area contributed by atoms with Crippen LogP contribution in [0.1, 0.15) is 27.7 Å². The number of nitrogens with zero attached hydrogens (tertiary/aromatic N) is 2. The maximum absolute atomic E-state index is 13.5. The Balaban J connectivity index is 2.40. The summed E-state index contributed by atoms with van der Waals surface area (Å²) in [6.45, 7) is 5.14. The Hall–Kier alpha value is -2.13. The molecule has 10 nitrogen and oxygen atoms in total. The molecule has 1 fully saturated rings. The molecule has 202 valence electrons. The summed E-state index contributed by atoms with van der Waals surface area (Å²) in [6, 6.07) is 1.44. The molecule has 1 saturated heterocycles. The van der Waals surface area contributed by atoms with Crippen molar-refractivity contribution in [1.82, 2.24) is 9.21 Å². The number of hydrogen-bond acceptors (Lipinski definition) is 8. The fourth-order valence-corrected chi connectivity index (χ4v) is 5.47. The molecule has 0 spiro atoms. The maximum Gasteiger partial charge on any atom is 0.269 e. The number of hydrogen-bond donors (Lipinski definition) is 2. The first-order chi connectivity index (χ1) is 16.6. The number of sulfonamides is 1. The van der Waals surface area contributed by atoms with E-state index in [9.17, 15) is 30.4 Å². The Labute approximate surface area is 214 Å². The minimum atomic E-state index is -3.96. The SMILES string of the molecule is CC(C)S(=O)(=O)OCC1CN(S(=O)(=O)C(C)C)CCN1/C(C=N)=C(\Cl)C(=O)Nc1cc(F)cc(F)c1. The van der Waals surface area contributed by atoms with Gasteiger partial charge in [0.2, 0.25) is 10.0 Å². The standard InChI is InChI=1S/C21H29ClF2N4O6S2/c1-13(2)35(30,31)27-5-6-28(18(11-27)12-34-36(32,33)14(3)4)19(10-25)20(22)21(29)26-17-8-15(23)7-16(24)9-17/h7-10,13-14,18,25H,5-6,11-12H2,1-4H3,(H,26,29)/b20-19-,25-10?. The molecule has 1 aliphatic rings. The first kappa shape index (κ1) is 30.1. The average molecular weight is 571 g/mol. The summed E-state index contributed by atoms with van der Waals surface area (Å²) in [5.74, 6) is -2.83. The predicted molar refractivity (Wildman–Crippen MR) is 133 cm³/mol. The zero-order valence-electron chi connectivity index (χ0n) is 20.2. The molecule has 0 saturated carbocycles. The van der Waals surface area contributed by atoms with Crippen molar-refractivity contribution in [2.24, 2.45) is 0 Å². The van der Waals surface area contributed by atoms with E-state index in [1.54, 1.807) is 0 Å². The molecule has 1 aromatic rings. The van der Waals surface area contributed by atoms with Crippen LogP contribution in [0.25, 0.3) is 0 Å². The number of nitrogens with one attached hydrogen (secondary N) is 2. The lowest BCUT2D eigenvalue weighted by Crippen LogP contribution is -2.57. The van der Waals surface area contributed by atoms with Crippen molar-refractivity contribution in [2.75, 3.05) is 31.6 Å². The van der Waals surface area contributed by atoms with Crippen LogP contribution in [0.2, 0.25) is 0 Å².